The van der Waals surface area contributed by atoms with Crippen molar-refractivity contribution in [3.05, 3.63) is 57.3 Å². The predicted molar refractivity (Wildman–Crippen MR) is 81.8 cm³/mol. The van der Waals surface area contributed by atoms with Crippen molar-refractivity contribution < 1.29 is 9.53 Å². The van der Waals surface area contributed by atoms with E-state index < -0.39 is 0 Å². The van der Waals surface area contributed by atoms with Crippen molar-refractivity contribution in [2.75, 3.05) is 7.11 Å². The molecule has 1 aromatic heterocycles. The number of carbonyl (C=O) groups excluding carboxylic acids is 1. The highest BCUT2D eigenvalue weighted by Gasteiger charge is 2.07. The highest BCUT2D eigenvalue weighted by Crippen LogP contribution is 2.16. The summed E-state index contributed by atoms with van der Waals surface area (Å²) in [4.78, 5) is 12.8. The lowest BCUT2D eigenvalue weighted by molar-refractivity contribution is -0.139. The van der Waals surface area contributed by atoms with Gasteiger partial charge in [0.15, 0.2) is 0 Å². The monoisotopic (exact) mass is 289 g/mol. The third-order valence-corrected chi connectivity index (χ3v) is 4.27. The summed E-state index contributed by atoms with van der Waals surface area (Å²) in [5.41, 5.74) is 3.49. The van der Waals surface area contributed by atoms with Crippen LogP contribution in [0.3, 0.4) is 0 Å². The Balaban J connectivity index is 1.95. The number of esters is 1. The average molecular weight is 289 g/mol. The molecule has 0 aliphatic heterocycles. The minimum absolute atomic E-state index is 0.202. The van der Waals surface area contributed by atoms with E-state index in [1.807, 2.05) is 24.3 Å². The molecule has 3 nitrogen and oxygen atoms in total. The summed E-state index contributed by atoms with van der Waals surface area (Å²) >= 11 is 1.77. The first-order valence-corrected chi connectivity index (χ1v) is 7.46. The van der Waals surface area contributed by atoms with Gasteiger partial charge < -0.3 is 10.1 Å². The molecule has 0 aliphatic carbocycles. The van der Waals surface area contributed by atoms with Crippen molar-refractivity contribution in [3.63, 3.8) is 0 Å². The zero-order valence-corrected chi connectivity index (χ0v) is 12.6. The summed E-state index contributed by atoms with van der Waals surface area (Å²) in [5, 5.41) is 5.54. The number of thiophene rings is 1. The molecular weight excluding hydrogens is 270 g/mol. The molecule has 0 atom stereocenters. The Morgan fingerprint density at radius 2 is 1.95 bits per heavy atom. The quantitative estimate of drug-likeness (QED) is 0.831. The zero-order chi connectivity index (χ0) is 14.4. The third kappa shape index (κ3) is 3.92. The normalized spacial score (nSPS) is 10.5. The van der Waals surface area contributed by atoms with E-state index >= 15 is 0 Å². The van der Waals surface area contributed by atoms with E-state index in [2.05, 4.69) is 23.7 Å². The van der Waals surface area contributed by atoms with Crippen LogP contribution in [0.2, 0.25) is 0 Å². The topological polar surface area (TPSA) is 38.3 Å². The van der Waals surface area contributed by atoms with Crippen LogP contribution in [0.25, 0.3) is 0 Å². The van der Waals surface area contributed by atoms with Gasteiger partial charge in [-0.2, -0.15) is 0 Å². The van der Waals surface area contributed by atoms with Crippen molar-refractivity contribution in [2.24, 2.45) is 0 Å². The van der Waals surface area contributed by atoms with Gasteiger partial charge in [0.2, 0.25) is 0 Å². The molecule has 0 bridgehead atoms. The van der Waals surface area contributed by atoms with E-state index in [0.29, 0.717) is 6.42 Å². The lowest BCUT2D eigenvalue weighted by Crippen LogP contribution is -2.15. The number of rotatable bonds is 6. The number of ether oxygens (including phenoxy) is 1. The summed E-state index contributed by atoms with van der Waals surface area (Å²) in [6, 6.07) is 10.1. The van der Waals surface area contributed by atoms with Gasteiger partial charge >= 0.3 is 5.97 Å². The molecule has 1 aromatic carbocycles. The Bertz CT molecular complexity index is 577. The van der Waals surface area contributed by atoms with Crippen LogP contribution in [0.1, 0.15) is 21.6 Å². The van der Waals surface area contributed by atoms with Gasteiger partial charge in [-0.25, -0.2) is 0 Å². The summed E-state index contributed by atoms with van der Waals surface area (Å²) in [6.45, 7) is 3.74. The number of aryl methyl sites for hydroxylation is 1. The van der Waals surface area contributed by atoms with Crippen LogP contribution < -0.4 is 5.32 Å². The highest BCUT2D eigenvalue weighted by molar-refractivity contribution is 7.10. The van der Waals surface area contributed by atoms with E-state index in [0.717, 1.165) is 24.2 Å². The molecule has 1 heterocycles. The molecule has 0 amide bonds. The number of hydrogen-bond acceptors (Lipinski definition) is 4. The first-order valence-electron chi connectivity index (χ1n) is 6.58. The van der Waals surface area contributed by atoms with Crippen LogP contribution in [0, 0.1) is 6.92 Å². The summed E-state index contributed by atoms with van der Waals surface area (Å²) in [5.74, 6) is -0.202. The number of hydrogen-bond donors (Lipinski definition) is 1. The third-order valence-electron chi connectivity index (χ3n) is 3.25. The summed E-state index contributed by atoms with van der Waals surface area (Å²) in [6.07, 6.45) is 0.326. The second kappa shape index (κ2) is 7.22. The largest absolute Gasteiger partial charge is 0.469 e. The second-order valence-corrected chi connectivity index (χ2v) is 5.65. The van der Waals surface area contributed by atoms with Crippen LogP contribution in [0.4, 0.5) is 0 Å². The Labute approximate surface area is 123 Å². The number of nitrogens with one attached hydrogen (secondary N) is 1. The van der Waals surface area contributed by atoms with Crippen molar-refractivity contribution in [1.82, 2.24) is 5.32 Å². The molecule has 0 saturated heterocycles. The molecule has 0 spiro atoms. The highest BCUT2D eigenvalue weighted by atomic mass is 32.1. The van der Waals surface area contributed by atoms with E-state index in [1.54, 1.807) is 11.3 Å². The van der Waals surface area contributed by atoms with Crippen molar-refractivity contribution in [2.45, 2.75) is 26.4 Å². The van der Waals surface area contributed by atoms with Crippen LogP contribution in [-0.2, 0) is 29.0 Å². The molecule has 20 heavy (non-hydrogen) atoms. The van der Waals surface area contributed by atoms with Crippen molar-refractivity contribution in [1.29, 1.82) is 0 Å². The van der Waals surface area contributed by atoms with Crippen LogP contribution in [0.15, 0.2) is 35.7 Å². The van der Waals surface area contributed by atoms with Gasteiger partial charge in [0.1, 0.15) is 0 Å². The van der Waals surface area contributed by atoms with E-state index in [9.17, 15) is 4.79 Å². The second-order valence-electron chi connectivity index (χ2n) is 4.65. The zero-order valence-electron chi connectivity index (χ0n) is 11.8. The molecule has 0 radical (unpaired) electrons. The number of benzene rings is 1. The Morgan fingerprint density at radius 1 is 1.20 bits per heavy atom. The molecule has 0 fully saturated rings. The van der Waals surface area contributed by atoms with Crippen LogP contribution in [0.5, 0.6) is 0 Å². The fraction of sp³-hybridized carbons (Fsp3) is 0.312. The maximum atomic E-state index is 11.4. The van der Waals surface area contributed by atoms with Gasteiger partial charge in [-0.15, -0.1) is 11.3 Å². The summed E-state index contributed by atoms with van der Waals surface area (Å²) in [7, 11) is 1.42. The van der Waals surface area contributed by atoms with Gasteiger partial charge in [-0.3, -0.25) is 4.79 Å². The molecule has 2 rings (SSSR count). The molecule has 0 saturated carbocycles. The van der Waals surface area contributed by atoms with Gasteiger partial charge in [-0.1, -0.05) is 24.3 Å². The van der Waals surface area contributed by atoms with Crippen LogP contribution >= 0.6 is 11.3 Å². The fourth-order valence-electron chi connectivity index (χ4n) is 2.03. The number of carbonyl (C=O) groups is 1. The first-order chi connectivity index (χ1) is 9.70. The average Bonchev–Trinajstić information content (AvgIpc) is 2.86. The Morgan fingerprint density at radius 3 is 2.60 bits per heavy atom. The predicted octanol–water partition coefficient (Wildman–Crippen LogP) is 3.06. The lowest BCUT2D eigenvalue weighted by atomic mass is 10.0. The molecule has 106 valence electrons. The van der Waals surface area contributed by atoms with Gasteiger partial charge in [0, 0.05) is 18.0 Å². The van der Waals surface area contributed by atoms with Crippen molar-refractivity contribution in [3.8, 4) is 0 Å². The van der Waals surface area contributed by atoms with Gasteiger partial charge in [-0.05, 0) is 35.1 Å². The lowest BCUT2D eigenvalue weighted by Gasteiger charge is -2.10. The number of methoxy groups -OCH3 is 1. The van der Waals surface area contributed by atoms with E-state index in [1.165, 1.54) is 17.6 Å². The molecule has 0 unspecified atom stereocenters. The molecular formula is C16H19NO2S. The maximum absolute atomic E-state index is 11.4. The SMILES string of the molecule is COC(=O)Cc1ccccc1CNCc1sccc1C. The Kier molecular flexibility index (Phi) is 5.32. The summed E-state index contributed by atoms with van der Waals surface area (Å²) < 4.78 is 4.73. The van der Waals surface area contributed by atoms with E-state index in [-0.39, 0.29) is 5.97 Å². The maximum Gasteiger partial charge on any atom is 0.309 e. The minimum atomic E-state index is -0.202. The Hall–Kier alpha value is -1.65. The van der Waals surface area contributed by atoms with Gasteiger partial charge in [0.25, 0.3) is 0 Å². The molecule has 0 aliphatic rings. The standard InChI is InChI=1S/C16H19NO2S/c1-12-7-8-20-15(12)11-17-10-14-6-4-3-5-13(14)9-16(18)19-2/h3-8,17H,9-11H2,1-2H3. The first kappa shape index (κ1) is 14.8. The molecule has 1 N–H and O–H groups in total. The minimum Gasteiger partial charge on any atom is -0.469 e. The van der Waals surface area contributed by atoms with Gasteiger partial charge in [0.05, 0.1) is 13.5 Å². The van der Waals surface area contributed by atoms with Crippen molar-refractivity contribution >= 4 is 17.3 Å². The smallest absolute Gasteiger partial charge is 0.309 e. The molecule has 4 heteroatoms. The fourth-order valence-corrected chi connectivity index (χ4v) is 2.90. The molecule has 2 aromatic rings. The van der Waals surface area contributed by atoms with Crippen LogP contribution in [-0.4, -0.2) is 13.1 Å². The van der Waals surface area contributed by atoms with E-state index in [4.69, 9.17) is 4.74 Å².